The van der Waals surface area contributed by atoms with Crippen molar-refractivity contribution in [1.82, 2.24) is 9.97 Å². The number of aromatic amines is 1. The number of aromatic nitrogens is 2. The maximum atomic E-state index is 5.78. The molecule has 0 amide bonds. The zero-order chi connectivity index (χ0) is 9.26. The SMILES string of the molecule is CSCc1nc2c(N)cccc2[nH]1. The second-order valence-electron chi connectivity index (χ2n) is 2.86. The van der Waals surface area contributed by atoms with E-state index in [-0.39, 0.29) is 0 Å². The molecule has 1 aromatic carbocycles. The van der Waals surface area contributed by atoms with Gasteiger partial charge in [-0.2, -0.15) is 11.8 Å². The van der Waals surface area contributed by atoms with Crippen molar-refractivity contribution >= 4 is 28.5 Å². The van der Waals surface area contributed by atoms with Crippen LogP contribution in [0.15, 0.2) is 18.2 Å². The van der Waals surface area contributed by atoms with Gasteiger partial charge in [-0.05, 0) is 18.4 Å². The van der Waals surface area contributed by atoms with Crippen molar-refractivity contribution < 1.29 is 0 Å². The van der Waals surface area contributed by atoms with Crippen molar-refractivity contribution in [3.8, 4) is 0 Å². The number of H-pyrrole nitrogens is 1. The molecular weight excluding hydrogens is 182 g/mol. The van der Waals surface area contributed by atoms with E-state index in [0.717, 1.165) is 28.3 Å². The molecule has 0 aliphatic heterocycles. The van der Waals surface area contributed by atoms with Crippen molar-refractivity contribution in [3.05, 3.63) is 24.0 Å². The molecule has 1 heterocycles. The highest BCUT2D eigenvalue weighted by Gasteiger charge is 2.03. The minimum atomic E-state index is 0.737. The number of anilines is 1. The molecule has 0 unspecified atom stereocenters. The van der Waals surface area contributed by atoms with E-state index in [1.54, 1.807) is 11.8 Å². The minimum Gasteiger partial charge on any atom is -0.397 e. The zero-order valence-electron chi connectivity index (χ0n) is 7.37. The highest BCUT2D eigenvalue weighted by molar-refractivity contribution is 7.97. The van der Waals surface area contributed by atoms with Crippen LogP contribution in [0.1, 0.15) is 5.82 Å². The third-order valence-corrected chi connectivity index (χ3v) is 2.44. The van der Waals surface area contributed by atoms with E-state index >= 15 is 0 Å². The Morgan fingerprint density at radius 3 is 3.08 bits per heavy atom. The Kier molecular flexibility index (Phi) is 2.14. The van der Waals surface area contributed by atoms with Gasteiger partial charge in [0.2, 0.25) is 0 Å². The molecule has 0 aliphatic carbocycles. The summed E-state index contributed by atoms with van der Waals surface area (Å²) in [4.78, 5) is 7.63. The summed E-state index contributed by atoms with van der Waals surface area (Å²) in [5.41, 5.74) is 8.41. The molecule has 0 saturated heterocycles. The molecule has 0 radical (unpaired) electrons. The molecule has 68 valence electrons. The van der Waals surface area contributed by atoms with Crippen LogP contribution >= 0.6 is 11.8 Å². The number of thioether (sulfide) groups is 1. The van der Waals surface area contributed by atoms with Gasteiger partial charge in [0.25, 0.3) is 0 Å². The molecule has 0 fully saturated rings. The molecule has 0 spiro atoms. The maximum Gasteiger partial charge on any atom is 0.117 e. The lowest BCUT2D eigenvalue weighted by Gasteiger charge is -1.90. The Labute approximate surface area is 80.7 Å². The van der Waals surface area contributed by atoms with Gasteiger partial charge in [0, 0.05) is 0 Å². The fourth-order valence-corrected chi connectivity index (χ4v) is 1.72. The van der Waals surface area contributed by atoms with Gasteiger partial charge < -0.3 is 10.7 Å². The minimum absolute atomic E-state index is 0.737. The Hall–Kier alpha value is -1.16. The fraction of sp³-hybridized carbons (Fsp3) is 0.222. The Bertz CT molecular complexity index is 422. The molecule has 0 saturated carbocycles. The van der Waals surface area contributed by atoms with E-state index in [0.29, 0.717) is 0 Å². The van der Waals surface area contributed by atoms with Gasteiger partial charge in [-0.25, -0.2) is 4.98 Å². The van der Waals surface area contributed by atoms with Gasteiger partial charge in [-0.15, -0.1) is 0 Å². The Balaban J connectivity index is 2.55. The van der Waals surface area contributed by atoms with Crippen LogP contribution in [0.4, 0.5) is 5.69 Å². The lowest BCUT2D eigenvalue weighted by Crippen LogP contribution is -1.85. The number of imidazole rings is 1. The number of nitrogens with two attached hydrogens (primary N) is 1. The smallest absolute Gasteiger partial charge is 0.117 e. The number of hydrogen-bond acceptors (Lipinski definition) is 3. The molecule has 3 N–H and O–H groups in total. The molecule has 0 aliphatic rings. The summed E-state index contributed by atoms with van der Waals surface area (Å²) in [5, 5.41) is 0. The third-order valence-electron chi connectivity index (χ3n) is 1.87. The van der Waals surface area contributed by atoms with Crippen LogP contribution in [0.25, 0.3) is 11.0 Å². The monoisotopic (exact) mass is 193 g/mol. The molecule has 4 heteroatoms. The topological polar surface area (TPSA) is 54.7 Å². The summed E-state index contributed by atoms with van der Waals surface area (Å²) in [6.45, 7) is 0. The first-order chi connectivity index (χ1) is 6.31. The average Bonchev–Trinajstić information content (AvgIpc) is 2.49. The number of hydrogen-bond donors (Lipinski definition) is 2. The molecule has 0 atom stereocenters. The number of fused-ring (bicyclic) bond motifs is 1. The lowest BCUT2D eigenvalue weighted by atomic mass is 10.3. The molecule has 1 aromatic heterocycles. The Morgan fingerprint density at radius 2 is 2.38 bits per heavy atom. The molecule has 2 aromatic rings. The zero-order valence-corrected chi connectivity index (χ0v) is 8.19. The summed E-state index contributed by atoms with van der Waals surface area (Å²) in [7, 11) is 0. The Morgan fingerprint density at radius 1 is 1.54 bits per heavy atom. The van der Waals surface area contributed by atoms with Crippen LogP contribution in [-0.2, 0) is 5.75 Å². The second-order valence-corrected chi connectivity index (χ2v) is 3.73. The molecule has 13 heavy (non-hydrogen) atoms. The molecule has 3 nitrogen and oxygen atoms in total. The standard InChI is InChI=1S/C9H11N3S/c1-13-5-8-11-7-4-2-3-6(10)9(7)12-8/h2-4H,5,10H2,1H3,(H,11,12). The summed E-state index contributed by atoms with van der Waals surface area (Å²) in [6.07, 6.45) is 2.05. The van der Waals surface area contributed by atoms with Crippen molar-refractivity contribution in [3.63, 3.8) is 0 Å². The second kappa shape index (κ2) is 3.30. The van der Waals surface area contributed by atoms with Crippen LogP contribution < -0.4 is 5.73 Å². The van der Waals surface area contributed by atoms with E-state index in [1.165, 1.54) is 0 Å². The van der Waals surface area contributed by atoms with E-state index in [2.05, 4.69) is 16.2 Å². The van der Waals surface area contributed by atoms with Crippen molar-refractivity contribution in [2.45, 2.75) is 5.75 Å². The van der Waals surface area contributed by atoms with Gasteiger partial charge in [-0.3, -0.25) is 0 Å². The van der Waals surface area contributed by atoms with Crippen LogP contribution in [0.5, 0.6) is 0 Å². The van der Waals surface area contributed by atoms with Gasteiger partial charge in [0.15, 0.2) is 0 Å². The van der Waals surface area contributed by atoms with E-state index < -0.39 is 0 Å². The summed E-state index contributed by atoms with van der Waals surface area (Å²) < 4.78 is 0. The van der Waals surface area contributed by atoms with Crippen molar-refractivity contribution in [1.29, 1.82) is 0 Å². The number of benzene rings is 1. The fourth-order valence-electron chi connectivity index (χ4n) is 1.31. The first-order valence-electron chi connectivity index (χ1n) is 4.03. The first-order valence-corrected chi connectivity index (χ1v) is 5.42. The van der Waals surface area contributed by atoms with Gasteiger partial charge in [0.05, 0.1) is 17.0 Å². The van der Waals surface area contributed by atoms with Crippen LogP contribution in [-0.4, -0.2) is 16.2 Å². The third kappa shape index (κ3) is 1.49. The summed E-state index contributed by atoms with van der Waals surface area (Å²) in [6, 6.07) is 5.78. The quantitative estimate of drug-likeness (QED) is 0.717. The first kappa shape index (κ1) is 8.44. The average molecular weight is 193 g/mol. The largest absolute Gasteiger partial charge is 0.397 e. The predicted molar refractivity (Wildman–Crippen MR) is 57.7 cm³/mol. The number of nitrogen functional groups attached to an aromatic ring is 1. The van der Waals surface area contributed by atoms with E-state index in [9.17, 15) is 0 Å². The summed E-state index contributed by atoms with van der Waals surface area (Å²) in [5.74, 6) is 1.88. The van der Waals surface area contributed by atoms with Crippen LogP contribution in [0.2, 0.25) is 0 Å². The highest BCUT2D eigenvalue weighted by Crippen LogP contribution is 2.19. The van der Waals surface area contributed by atoms with E-state index in [4.69, 9.17) is 5.73 Å². The normalized spacial score (nSPS) is 10.8. The lowest BCUT2D eigenvalue weighted by molar-refractivity contribution is 1.14. The van der Waals surface area contributed by atoms with Gasteiger partial charge >= 0.3 is 0 Å². The predicted octanol–water partition coefficient (Wildman–Crippen LogP) is 2.01. The molecule has 0 bridgehead atoms. The molecular formula is C9H11N3S. The molecule has 2 rings (SSSR count). The number of nitrogens with one attached hydrogen (secondary N) is 1. The van der Waals surface area contributed by atoms with Crippen LogP contribution in [0.3, 0.4) is 0 Å². The highest BCUT2D eigenvalue weighted by atomic mass is 32.2. The van der Waals surface area contributed by atoms with Crippen LogP contribution in [0, 0.1) is 0 Å². The van der Waals surface area contributed by atoms with Crippen molar-refractivity contribution in [2.24, 2.45) is 0 Å². The number of rotatable bonds is 2. The maximum absolute atomic E-state index is 5.78. The van der Waals surface area contributed by atoms with Gasteiger partial charge in [-0.1, -0.05) is 6.07 Å². The number of nitrogens with zero attached hydrogens (tertiary/aromatic N) is 1. The van der Waals surface area contributed by atoms with E-state index in [1.807, 2.05) is 18.2 Å². The summed E-state index contributed by atoms with van der Waals surface area (Å²) >= 11 is 1.74. The van der Waals surface area contributed by atoms with Crippen molar-refractivity contribution in [2.75, 3.05) is 12.0 Å². The number of para-hydroxylation sites is 1. The van der Waals surface area contributed by atoms with Gasteiger partial charge in [0.1, 0.15) is 11.3 Å².